The van der Waals surface area contributed by atoms with E-state index in [-0.39, 0.29) is 11.3 Å². The Morgan fingerprint density at radius 2 is 2.00 bits per heavy atom. The number of rotatable bonds is 2. The zero-order chi connectivity index (χ0) is 12.1. The van der Waals surface area contributed by atoms with E-state index in [2.05, 4.69) is 4.74 Å². The maximum Gasteiger partial charge on any atom is 0.413 e. The average molecular weight is 224 g/mol. The number of nitrogens with zero attached hydrogens (tertiary/aromatic N) is 1. The van der Waals surface area contributed by atoms with Crippen LogP contribution in [-0.2, 0) is 4.74 Å². The highest BCUT2D eigenvalue weighted by molar-refractivity contribution is 6.05. The molecular weight excluding hydrogens is 216 g/mol. The van der Waals surface area contributed by atoms with Crippen LogP contribution in [0.2, 0.25) is 0 Å². The third-order valence-corrected chi connectivity index (χ3v) is 1.75. The molecule has 0 aliphatic heterocycles. The molecule has 0 aromatic heterocycles. The maximum absolute atomic E-state index is 11.4. The lowest BCUT2D eigenvalue weighted by Gasteiger charge is -2.02. The molecule has 0 spiro atoms. The molecule has 0 saturated heterocycles. The monoisotopic (exact) mass is 224 g/mol. The maximum atomic E-state index is 11.4. The molecule has 0 radical (unpaired) electrons. The number of carbonyl (C=O) groups is 2. The molecule has 0 aliphatic rings. The molecular formula is C9H8N2O5. The van der Waals surface area contributed by atoms with Crippen molar-refractivity contribution >= 4 is 17.7 Å². The van der Waals surface area contributed by atoms with E-state index in [0.29, 0.717) is 0 Å². The molecule has 1 N–H and O–H groups in total. The van der Waals surface area contributed by atoms with Gasteiger partial charge in [0.1, 0.15) is 5.56 Å². The number of hydrogen-bond acceptors (Lipinski definition) is 5. The van der Waals surface area contributed by atoms with Gasteiger partial charge < -0.3 is 4.74 Å². The standard InChI is InChI=1S/C9H8N2O5/c1-16-9(13)10-8(12)6-4-2-3-5-7(6)11(14)15/h2-5H,1H3,(H,10,12,13). The highest BCUT2D eigenvalue weighted by atomic mass is 16.6. The van der Waals surface area contributed by atoms with Crippen LogP contribution >= 0.6 is 0 Å². The van der Waals surface area contributed by atoms with E-state index < -0.39 is 16.9 Å². The molecule has 2 amide bonds. The largest absolute Gasteiger partial charge is 0.453 e. The van der Waals surface area contributed by atoms with Gasteiger partial charge in [-0.1, -0.05) is 12.1 Å². The molecule has 0 saturated carbocycles. The van der Waals surface area contributed by atoms with Crippen molar-refractivity contribution in [2.75, 3.05) is 7.11 Å². The molecule has 1 rings (SSSR count). The summed E-state index contributed by atoms with van der Waals surface area (Å²) in [4.78, 5) is 32.1. The van der Waals surface area contributed by atoms with E-state index in [0.717, 1.165) is 7.11 Å². The Hall–Kier alpha value is -2.44. The molecule has 0 bridgehead atoms. The molecule has 7 heteroatoms. The fraction of sp³-hybridized carbons (Fsp3) is 0.111. The number of imide groups is 1. The van der Waals surface area contributed by atoms with Crippen LogP contribution in [0.15, 0.2) is 24.3 Å². The summed E-state index contributed by atoms with van der Waals surface area (Å²) in [6.07, 6.45) is -0.969. The van der Waals surface area contributed by atoms with Gasteiger partial charge >= 0.3 is 6.09 Å². The second kappa shape index (κ2) is 4.87. The Labute approximate surface area is 90.2 Å². The Kier molecular flexibility index (Phi) is 3.54. The first-order chi connectivity index (χ1) is 7.56. The molecule has 0 heterocycles. The lowest BCUT2D eigenvalue weighted by atomic mass is 10.1. The van der Waals surface area contributed by atoms with Gasteiger partial charge in [0.25, 0.3) is 11.6 Å². The summed E-state index contributed by atoms with van der Waals surface area (Å²) < 4.78 is 4.20. The Bertz CT molecular complexity index is 443. The number of nitro benzene ring substituents is 1. The molecule has 0 aliphatic carbocycles. The molecule has 84 valence electrons. The van der Waals surface area contributed by atoms with Gasteiger partial charge in [-0.25, -0.2) is 4.79 Å². The van der Waals surface area contributed by atoms with E-state index in [9.17, 15) is 19.7 Å². The second-order valence-electron chi connectivity index (χ2n) is 2.72. The van der Waals surface area contributed by atoms with Crippen molar-refractivity contribution in [2.24, 2.45) is 0 Å². The minimum Gasteiger partial charge on any atom is -0.453 e. The van der Waals surface area contributed by atoms with Gasteiger partial charge in [0.2, 0.25) is 0 Å². The topological polar surface area (TPSA) is 98.5 Å². The van der Waals surface area contributed by atoms with Gasteiger partial charge in [-0.05, 0) is 6.07 Å². The number of benzene rings is 1. The van der Waals surface area contributed by atoms with Crippen LogP contribution in [-0.4, -0.2) is 24.0 Å². The molecule has 0 unspecified atom stereocenters. The van der Waals surface area contributed by atoms with Crippen LogP contribution in [0.1, 0.15) is 10.4 Å². The molecule has 1 aromatic carbocycles. The summed E-state index contributed by atoms with van der Waals surface area (Å²) in [6.45, 7) is 0. The third-order valence-electron chi connectivity index (χ3n) is 1.75. The molecule has 0 fully saturated rings. The van der Waals surface area contributed by atoms with Crippen molar-refractivity contribution < 1.29 is 19.2 Å². The van der Waals surface area contributed by atoms with Gasteiger partial charge in [0.05, 0.1) is 12.0 Å². The number of methoxy groups -OCH3 is 1. The summed E-state index contributed by atoms with van der Waals surface area (Å²) >= 11 is 0. The van der Waals surface area contributed by atoms with E-state index in [1.54, 1.807) is 0 Å². The molecule has 7 nitrogen and oxygen atoms in total. The smallest absolute Gasteiger partial charge is 0.413 e. The van der Waals surface area contributed by atoms with Crippen LogP contribution in [0.4, 0.5) is 10.5 Å². The summed E-state index contributed by atoms with van der Waals surface area (Å²) in [7, 11) is 1.09. The molecule has 16 heavy (non-hydrogen) atoms. The molecule has 0 atom stereocenters. The predicted molar refractivity (Wildman–Crippen MR) is 53.0 cm³/mol. The SMILES string of the molecule is COC(=O)NC(=O)c1ccccc1[N+](=O)[O-]. The summed E-state index contributed by atoms with van der Waals surface area (Å²) in [6, 6.07) is 5.30. The summed E-state index contributed by atoms with van der Waals surface area (Å²) in [5.41, 5.74) is -0.568. The number of amides is 2. The zero-order valence-electron chi connectivity index (χ0n) is 8.30. The van der Waals surface area contributed by atoms with Crippen LogP contribution in [0.25, 0.3) is 0 Å². The van der Waals surface area contributed by atoms with Crippen LogP contribution in [0, 0.1) is 10.1 Å². The lowest BCUT2D eigenvalue weighted by molar-refractivity contribution is -0.385. The quantitative estimate of drug-likeness (QED) is 0.598. The number of para-hydroxylation sites is 1. The van der Waals surface area contributed by atoms with E-state index in [1.807, 2.05) is 5.32 Å². The van der Waals surface area contributed by atoms with E-state index in [1.165, 1.54) is 24.3 Å². The van der Waals surface area contributed by atoms with Crippen LogP contribution < -0.4 is 5.32 Å². The van der Waals surface area contributed by atoms with Gasteiger partial charge in [-0.15, -0.1) is 0 Å². The first-order valence-corrected chi connectivity index (χ1v) is 4.19. The summed E-state index contributed by atoms with van der Waals surface area (Å²) in [5.74, 6) is -0.876. The highest BCUT2D eigenvalue weighted by Crippen LogP contribution is 2.17. The van der Waals surface area contributed by atoms with Gasteiger partial charge in [-0.2, -0.15) is 0 Å². The van der Waals surface area contributed by atoms with Crippen molar-refractivity contribution in [3.05, 3.63) is 39.9 Å². The van der Waals surface area contributed by atoms with E-state index >= 15 is 0 Å². The van der Waals surface area contributed by atoms with Crippen LogP contribution in [0.5, 0.6) is 0 Å². The van der Waals surface area contributed by atoms with Gasteiger partial charge in [0, 0.05) is 6.07 Å². The van der Waals surface area contributed by atoms with Gasteiger partial charge in [-0.3, -0.25) is 20.2 Å². The van der Waals surface area contributed by atoms with Crippen molar-refractivity contribution in [1.29, 1.82) is 0 Å². The minimum absolute atomic E-state index is 0.196. The second-order valence-corrected chi connectivity index (χ2v) is 2.72. The lowest BCUT2D eigenvalue weighted by Crippen LogP contribution is -2.30. The van der Waals surface area contributed by atoms with Crippen molar-refractivity contribution in [3.63, 3.8) is 0 Å². The fourth-order valence-corrected chi connectivity index (χ4v) is 1.04. The number of carbonyl (C=O) groups excluding carboxylic acids is 2. The third kappa shape index (κ3) is 2.53. The van der Waals surface area contributed by atoms with E-state index in [4.69, 9.17) is 0 Å². The van der Waals surface area contributed by atoms with Gasteiger partial charge in [0.15, 0.2) is 0 Å². The first-order valence-electron chi connectivity index (χ1n) is 4.19. The number of nitrogens with one attached hydrogen (secondary N) is 1. The normalized spacial score (nSPS) is 9.31. The predicted octanol–water partition coefficient (Wildman–Crippen LogP) is 1.09. The Morgan fingerprint density at radius 1 is 1.38 bits per heavy atom. The molecule has 1 aromatic rings. The Balaban J connectivity index is 2.99. The van der Waals surface area contributed by atoms with Crippen molar-refractivity contribution in [3.8, 4) is 0 Å². The average Bonchev–Trinajstić information content (AvgIpc) is 2.28. The Morgan fingerprint density at radius 3 is 2.56 bits per heavy atom. The highest BCUT2D eigenvalue weighted by Gasteiger charge is 2.20. The van der Waals surface area contributed by atoms with Crippen molar-refractivity contribution in [2.45, 2.75) is 0 Å². The number of nitro groups is 1. The minimum atomic E-state index is -0.969. The zero-order valence-corrected chi connectivity index (χ0v) is 8.30. The van der Waals surface area contributed by atoms with Crippen LogP contribution in [0.3, 0.4) is 0 Å². The fourth-order valence-electron chi connectivity index (χ4n) is 1.04. The number of ether oxygens (including phenoxy) is 1. The summed E-state index contributed by atoms with van der Waals surface area (Å²) in [5, 5.41) is 12.4. The number of hydrogen-bond donors (Lipinski definition) is 1. The van der Waals surface area contributed by atoms with Crippen molar-refractivity contribution in [1.82, 2.24) is 5.32 Å². The first kappa shape index (κ1) is 11.6. The number of alkyl carbamates (subject to hydrolysis) is 1.